The molecule has 2 aliphatic rings. The minimum absolute atomic E-state index is 0.224. The number of alkyl halides is 1. The molecule has 1 aromatic heterocycles. The van der Waals surface area contributed by atoms with Gasteiger partial charge in [-0.3, -0.25) is 4.79 Å². The van der Waals surface area contributed by atoms with E-state index in [0.717, 1.165) is 43.9 Å². The maximum atomic E-state index is 15.7. The molecule has 0 spiro atoms. The number of amides is 1. The van der Waals surface area contributed by atoms with Gasteiger partial charge in [0.05, 0.1) is 0 Å². The van der Waals surface area contributed by atoms with Gasteiger partial charge in [-0.25, -0.2) is 14.2 Å². The van der Waals surface area contributed by atoms with E-state index >= 15 is 4.39 Å². The van der Waals surface area contributed by atoms with Gasteiger partial charge in [0.25, 0.3) is 5.91 Å². The Hall–Kier alpha value is -3.00. The number of aromatic nitrogens is 1. The molecule has 2 aliphatic heterocycles. The molecule has 3 N–H and O–H groups in total. The Morgan fingerprint density at radius 3 is 2.82 bits per heavy atom. The minimum Gasteiger partial charge on any atom is -0.480 e. The van der Waals surface area contributed by atoms with Crippen molar-refractivity contribution >= 4 is 17.7 Å². The van der Waals surface area contributed by atoms with Crippen LogP contribution in [0.2, 0.25) is 0 Å². The van der Waals surface area contributed by atoms with Crippen LogP contribution in [0.1, 0.15) is 53.7 Å². The van der Waals surface area contributed by atoms with Gasteiger partial charge in [0, 0.05) is 30.9 Å². The summed E-state index contributed by atoms with van der Waals surface area (Å²) in [6.07, 6.45) is 4.55. The summed E-state index contributed by atoms with van der Waals surface area (Å²) in [5.74, 6) is -0.572. The lowest BCUT2D eigenvalue weighted by molar-refractivity contribution is -0.139. The number of nitrogens with zero attached hydrogens (tertiary/aromatic N) is 2. The number of anilines is 1. The van der Waals surface area contributed by atoms with Crippen LogP contribution in [0.15, 0.2) is 42.5 Å². The summed E-state index contributed by atoms with van der Waals surface area (Å²) in [6, 6.07) is 11.6. The summed E-state index contributed by atoms with van der Waals surface area (Å²) in [5, 5.41) is 15.5. The van der Waals surface area contributed by atoms with Crippen molar-refractivity contribution in [1.82, 2.24) is 15.2 Å². The number of carbonyl (C=O) groups is 2. The third-order valence-electron chi connectivity index (χ3n) is 6.76. The number of rotatable bonds is 9. The number of carboxylic acid groups (broad SMARTS) is 1. The number of fused-ring (bicyclic) bond motifs is 1. The van der Waals surface area contributed by atoms with Gasteiger partial charge < -0.3 is 20.6 Å². The lowest BCUT2D eigenvalue weighted by atomic mass is 9.89. The summed E-state index contributed by atoms with van der Waals surface area (Å²) in [6.45, 7) is 2.34. The molecule has 4 rings (SSSR count). The van der Waals surface area contributed by atoms with Crippen molar-refractivity contribution in [2.24, 2.45) is 0 Å². The van der Waals surface area contributed by atoms with E-state index in [1.54, 1.807) is 30.3 Å². The average Bonchev–Trinajstić information content (AvgIpc) is 2.85. The fourth-order valence-corrected chi connectivity index (χ4v) is 4.83. The molecule has 7 nitrogen and oxygen atoms in total. The number of benzene rings is 1. The van der Waals surface area contributed by atoms with E-state index in [1.165, 1.54) is 5.56 Å². The first kappa shape index (κ1) is 24.1. The summed E-state index contributed by atoms with van der Waals surface area (Å²) in [4.78, 5) is 30.7. The normalized spacial score (nSPS) is 21.2. The molecule has 1 amide bonds. The topological polar surface area (TPSA) is 94.6 Å². The summed E-state index contributed by atoms with van der Waals surface area (Å²) in [7, 11) is 0. The second-order valence-electron chi connectivity index (χ2n) is 9.39. The Morgan fingerprint density at radius 1 is 1.21 bits per heavy atom. The lowest BCUT2D eigenvalue weighted by Gasteiger charge is -2.38. The molecule has 1 aromatic carbocycles. The maximum absolute atomic E-state index is 15.7. The van der Waals surface area contributed by atoms with Crippen LogP contribution in [0.4, 0.5) is 10.2 Å². The number of halogens is 1. The second-order valence-corrected chi connectivity index (χ2v) is 9.39. The van der Waals surface area contributed by atoms with Gasteiger partial charge in [-0.15, -0.1) is 0 Å². The van der Waals surface area contributed by atoms with E-state index in [1.807, 2.05) is 11.0 Å². The third kappa shape index (κ3) is 6.32. The SMILES string of the molecule is O=C(NC(CCN1CCC[C@@](F)(CCc2ccc3c(n2)NCCC3)C1)C(=O)O)c1ccccc1. The third-order valence-corrected chi connectivity index (χ3v) is 6.76. The van der Waals surface area contributed by atoms with E-state index < -0.39 is 23.6 Å². The quantitative estimate of drug-likeness (QED) is 0.522. The van der Waals surface area contributed by atoms with Crippen LogP contribution in [0.25, 0.3) is 0 Å². The zero-order chi connectivity index (χ0) is 24.0. The van der Waals surface area contributed by atoms with Crippen LogP contribution in [-0.2, 0) is 17.6 Å². The highest BCUT2D eigenvalue weighted by molar-refractivity contribution is 5.96. The first-order chi connectivity index (χ1) is 16.4. The van der Waals surface area contributed by atoms with E-state index in [4.69, 9.17) is 0 Å². The molecule has 8 heteroatoms. The molecule has 2 aromatic rings. The Labute approximate surface area is 199 Å². The Bertz CT molecular complexity index is 1000. The van der Waals surface area contributed by atoms with E-state index in [2.05, 4.69) is 21.7 Å². The fraction of sp³-hybridized carbons (Fsp3) is 0.500. The number of aryl methyl sites for hydroxylation is 2. The number of aliphatic carboxylic acids is 1. The Kier molecular flexibility index (Phi) is 7.77. The van der Waals surface area contributed by atoms with Gasteiger partial charge in [0.15, 0.2) is 0 Å². The number of likely N-dealkylation sites (tertiary alicyclic amines) is 1. The number of carboxylic acids is 1. The molecule has 182 valence electrons. The second kappa shape index (κ2) is 11.0. The number of hydrogen-bond acceptors (Lipinski definition) is 5. The number of nitrogens with one attached hydrogen (secondary N) is 2. The zero-order valence-electron chi connectivity index (χ0n) is 19.4. The van der Waals surface area contributed by atoms with E-state index in [-0.39, 0.29) is 13.0 Å². The number of hydrogen-bond donors (Lipinski definition) is 3. The van der Waals surface area contributed by atoms with Gasteiger partial charge in [-0.05, 0) is 75.3 Å². The van der Waals surface area contributed by atoms with Crippen LogP contribution in [0.3, 0.4) is 0 Å². The standard InChI is InChI=1S/C26H33FN4O3/c27-26(14-11-21-10-9-19-8-4-15-28-23(19)29-21)13-5-16-31(18-26)17-12-22(25(33)34)30-24(32)20-6-2-1-3-7-20/h1-3,6-7,9-10,22H,4-5,8,11-18H2,(H,28,29)(H,30,32)(H,33,34)/t22?,26-/m1/s1. The lowest BCUT2D eigenvalue weighted by Crippen LogP contribution is -2.48. The predicted molar refractivity (Wildman–Crippen MR) is 129 cm³/mol. The van der Waals surface area contributed by atoms with Crippen molar-refractivity contribution in [3.8, 4) is 0 Å². The van der Waals surface area contributed by atoms with Crippen molar-refractivity contribution in [3.63, 3.8) is 0 Å². The molecule has 1 saturated heterocycles. The summed E-state index contributed by atoms with van der Waals surface area (Å²) < 4.78 is 15.7. The van der Waals surface area contributed by atoms with Crippen LogP contribution < -0.4 is 10.6 Å². The summed E-state index contributed by atoms with van der Waals surface area (Å²) in [5.41, 5.74) is 1.22. The van der Waals surface area contributed by atoms with Crippen molar-refractivity contribution in [3.05, 3.63) is 59.3 Å². The molecular formula is C26H33FN4O3. The van der Waals surface area contributed by atoms with E-state index in [9.17, 15) is 14.7 Å². The Balaban J connectivity index is 1.29. The first-order valence-electron chi connectivity index (χ1n) is 12.1. The monoisotopic (exact) mass is 468 g/mol. The van der Waals surface area contributed by atoms with E-state index in [0.29, 0.717) is 31.4 Å². The van der Waals surface area contributed by atoms with Gasteiger partial charge in [0.2, 0.25) is 0 Å². The van der Waals surface area contributed by atoms with Crippen molar-refractivity contribution < 1.29 is 19.1 Å². The van der Waals surface area contributed by atoms with Gasteiger partial charge >= 0.3 is 5.97 Å². The van der Waals surface area contributed by atoms with Crippen molar-refractivity contribution in [1.29, 1.82) is 0 Å². The highest BCUT2D eigenvalue weighted by atomic mass is 19.1. The highest BCUT2D eigenvalue weighted by Gasteiger charge is 2.35. The molecule has 1 unspecified atom stereocenters. The van der Waals surface area contributed by atoms with Crippen LogP contribution >= 0.6 is 0 Å². The van der Waals surface area contributed by atoms with Gasteiger partial charge in [-0.1, -0.05) is 24.3 Å². The molecule has 0 radical (unpaired) electrons. The molecule has 3 heterocycles. The molecule has 0 bridgehead atoms. The molecule has 0 aliphatic carbocycles. The van der Waals surface area contributed by atoms with Crippen molar-refractivity contribution in [2.45, 2.75) is 56.7 Å². The van der Waals surface area contributed by atoms with Gasteiger partial charge in [-0.2, -0.15) is 0 Å². The number of pyridine rings is 1. The molecule has 2 atom stereocenters. The largest absolute Gasteiger partial charge is 0.480 e. The average molecular weight is 469 g/mol. The number of carbonyl (C=O) groups excluding carboxylic acids is 1. The van der Waals surface area contributed by atoms with Crippen molar-refractivity contribution in [2.75, 3.05) is 31.5 Å². The molecule has 0 saturated carbocycles. The first-order valence-corrected chi connectivity index (χ1v) is 12.1. The van der Waals surface area contributed by atoms with Crippen LogP contribution in [0, 0.1) is 0 Å². The maximum Gasteiger partial charge on any atom is 0.326 e. The zero-order valence-corrected chi connectivity index (χ0v) is 19.4. The molecule has 1 fully saturated rings. The fourth-order valence-electron chi connectivity index (χ4n) is 4.83. The van der Waals surface area contributed by atoms with Crippen LogP contribution in [-0.4, -0.2) is 64.8 Å². The van der Waals surface area contributed by atoms with Crippen LogP contribution in [0.5, 0.6) is 0 Å². The highest BCUT2D eigenvalue weighted by Crippen LogP contribution is 2.31. The number of piperidine rings is 1. The Morgan fingerprint density at radius 2 is 2.03 bits per heavy atom. The molecule has 34 heavy (non-hydrogen) atoms. The summed E-state index contributed by atoms with van der Waals surface area (Å²) >= 11 is 0. The smallest absolute Gasteiger partial charge is 0.326 e. The minimum atomic E-state index is -1.32. The predicted octanol–water partition coefficient (Wildman–Crippen LogP) is 3.45. The molecular weight excluding hydrogens is 435 g/mol. The van der Waals surface area contributed by atoms with Gasteiger partial charge in [0.1, 0.15) is 17.5 Å².